The first-order chi connectivity index (χ1) is 17.4. The van der Waals surface area contributed by atoms with E-state index < -0.39 is 17.9 Å². The average Bonchev–Trinajstić information content (AvgIpc) is 2.89. The summed E-state index contributed by atoms with van der Waals surface area (Å²) in [5.41, 5.74) is 3.58. The molecule has 36 heavy (non-hydrogen) atoms. The van der Waals surface area contributed by atoms with Crippen LogP contribution in [0, 0.1) is 0 Å². The van der Waals surface area contributed by atoms with Gasteiger partial charge in [0.05, 0.1) is 37.2 Å². The van der Waals surface area contributed by atoms with E-state index >= 15 is 0 Å². The Kier molecular flexibility index (Phi) is 13.0. The third-order valence-electron chi connectivity index (χ3n) is 4.78. The maximum atomic E-state index is 13.1. The molecule has 0 radical (unpaired) electrons. The molecule has 0 saturated carbocycles. The molecule has 11 nitrogen and oxygen atoms in total. The number of aliphatic hydroxyl groups is 2. The summed E-state index contributed by atoms with van der Waals surface area (Å²) in [7, 11) is 3.08. The Balaban J connectivity index is 2.29. The summed E-state index contributed by atoms with van der Waals surface area (Å²) in [5.74, 6) is 5.79. The van der Waals surface area contributed by atoms with E-state index in [0.717, 1.165) is 5.56 Å². The molecule has 1 atom stereocenters. The number of rotatable bonds is 16. The molecule has 0 aliphatic rings. The molecule has 0 aliphatic heterocycles. The number of amides is 2. The summed E-state index contributed by atoms with van der Waals surface area (Å²) in [6, 6.07) is 9.90. The summed E-state index contributed by atoms with van der Waals surface area (Å²) in [4.78, 5) is 25.6. The molecule has 6 N–H and O–H groups in total. The summed E-state index contributed by atoms with van der Waals surface area (Å²) < 4.78 is 21.5. The smallest absolute Gasteiger partial charge is 0.267 e. The number of benzene rings is 2. The van der Waals surface area contributed by atoms with Crippen LogP contribution in [0.5, 0.6) is 11.5 Å². The van der Waals surface area contributed by atoms with Gasteiger partial charge in [-0.2, -0.15) is 11.8 Å². The van der Waals surface area contributed by atoms with E-state index in [1.165, 1.54) is 31.0 Å². The molecule has 2 aromatic rings. The number of hydrogen-bond donors (Lipinski definition) is 5. The maximum absolute atomic E-state index is 13.1. The zero-order chi connectivity index (χ0) is 26.3. The third-order valence-corrected chi connectivity index (χ3v) is 5.93. The Morgan fingerprint density at radius 1 is 1.00 bits per heavy atom. The lowest BCUT2D eigenvalue weighted by molar-refractivity contribution is 0.0953. The molecular weight excluding hydrogens is 490 g/mol. The first kappa shape index (κ1) is 29.4. The molecule has 0 heterocycles. The van der Waals surface area contributed by atoms with E-state index in [0.29, 0.717) is 36.0 Å². The van der Waals surface area contributed by atoms with Gasteiger partial charge in [-0.05, 0) is 23.8 Å². The standard InChI is InChI=1S/C24H33N3O8S/c1-32-6-8-34-21-11-19(24(31)27-25)20(12-22(21)35-9-7-33-2)26-23(30)17-5-3-4-16(10-17)14-36-15-18(29)13-28/h3-5,10-12,18,28-29H,6-9,13-15,25H2,1-2H3,(H,26,30)(H,27,31). The second-order valence-corrected chi connectivity index (χ2v) is 8.54. The molecule has 198 valence electrons. The normalized spacial score (nSPS) is 11.6. The van der Waals surface area contributed by atoms with Crippen LogP contribution >= 0.6 is 11.8 Å². The fourth-order valence-corrected chi connectivity index (χ4v) is 3.90. The van der Waals surface area contributed by atoms with Crippen molar-refractivity contribution in [1.82, 2.24) is 5.43 Å². The number of hydrogen-bond acceptors (Lipinski definition) is 10. The third kappa shape index (κ3) is 9.30. The number of thioether (sulfide) groups is 1. The summed E-state index contributed by atoms with van der Waals surface area (Å²) in [5, 5.41) is 21.2. The van der Waals surface area contributed by atoms with Crippen LogP contribution in [0.4, 0.5) is 5.69 Å². The van der Waals surface area contributed by atoms with Crippen LogP contribution in [0.2, 0.25) is 0 Å². The Bertz CT molecular complexity index is 992. The first-order valence-corrected chi connectivity index (χ1v) is 12.3. The largest absolute Gasteiger partial charge is 0.487 e. The number of anilines is 1. The number of carbonyl (C=O) groups is 2. The molecule has 0 spiro atoms. The van der Waals surface area contributed by atoms with Crippen molar-refractivity contribution in [3.63, 3.8) is 0 Å². The number of hydrazine groups is 1. The van der Waals surface area contributed by atoms with Crippen molar-refractivity contribution >= 4 is 29.3 Å². The van der Waals surface area contributed by atoms with Gasteiger partial charge in [0.2, 0.25) is 0 Å². The van der Waals surface area contributed by atoms with Gasteiger partial charge in [0.25, 0.3) is 11.8 Å². The highest BCUT2D eigenvalue weighted by Gasteiger charge is 2.20. The van der Waals surface area contributed by atoms with Gasteiger partial charge in [-0.25, -0.2) is 5.84 Å². The molecule has 2 amide bonds. The molecule has 2 rings (SSSR count). The lowest BCUT2D eigenvalue weighted by Gasteiger charge is -2.17. The van der Waals surface area contributed by atoms with Crippen molar-refractivity contribution in [2.24, 2.45) is 5.84 Å². The van der Waals surface area contributed by atoms with Crippen LogP contribution in [-0.2, 0) is 15.2 Å². The van der Waals surface area contributed by atoms with Gasteiger partial charge < -0.3 is 34.5 Å². The number of methoxy groups -OCH3 is 2. The minimum atomic E-state index is -0.796. The SMILES string of the molecule is COCCOc1cc(NC(=O)c2cccc(CSCC(O)CO)c2)c(C(=O)NN)cc1OCCOC. The van der Waals surface area contributed by atoms with Crippen LogP contribution in [0.1, 0.15) is 26.3 Å². The predicted octanol–water partition coefficient (Wildman–Crippen LogP) is 1.18. The van der Waals surface area contributed by atoms with Crippen LogP contribution < -0.4 is 26.1 Å². The van der Waals surface area contributed by atoms with E-state index in [-0.39, 0.29) is 36.8 Å². The highest BCUT2D eigenvalue weighted by molar-refractivity contribution is 7.98. The average molecular weight is 524 g/mol. The van der Waals surface area contributed by atoms with Crippen molar-refractivity contribution in [3.8, 4) is 11.5 Å². The van der Waals surface area contributed by atoms with Crippen LogP contribution in [0.15, 0.2) is 36.4 Å². The van der Waals surface area contributed by atoms with E-state index in [1.807, 2.05) is 6.07 Å². The number of ether oxygens (including phenoxy) is 4. The van der Waals surface area contributed by atoms with Crippen LogP contribution in [0.25, 0.3) is 0 Å². The molecule has 0 aliphatic carbocycles. The fourth-order valence-electron chi connectivity index (χ4n) is 2.99. The monoisotopic (exact) mass is 523 g/mol. The topological polar surface area (TPSA) is 162 Å². The number of nitrogens with two attached hydrogens (primary N) is 1. The molecule has 12 heteroatoms. The molecule has 1 unspecified atom stereocenters. The summed E-state index contributed by atoms with van der Waals surface area (Å²) in [6.45, 7) is 0.776. The Morgan fingerprint density at radius 2 is 1.67 bits per heavy atom. The molecular formula is C24H33N3O8S. The van der Waals surface area contributed by atoms with Crippen molar-refractivity contribution in [2.45, 2.75) is 11.9 Å². The molecule has 0 saturated heterocycles. The lowest BCUT2D eigenvalue weighted by Crippen LogP contribution is -2.31. The van der Waals surface area contributed by atoms with Gasteiger partial charge in [-0.3, -0.25) is 15.0 Å². The minimum Gasteiger partial charge on any atom is -0.487 e. The number of nitrogens with one attached hydrogen (secondary N) is 2. The van der Waals surface area contributed by atoms with Gasteiger partial charge in [0, 0.05) is 37.4 Å². The minimum absolute atomic E-state index is 0.0852. The number of carbonyl (C=O) groups excluding carboxylic acids is 2. The zero-order valence-electron chi connectivity index (χ0n) is 20.3. The van der Waals surface area contributed by atoms with Crippen LogP contribution in [0.3, 0.4) is 0 Å². The highest BCUT2D eigenvalue weighted by Crippen LogP contribution is 2.34. The number of aliphatic hydroxyl groups excluding tert-OH is 2. The molecule has 0 fully saturated rings. The summed E-state index contributed by atoms with van der Waals surface area (Å²) in [6.07, 6.45) is -0.796. The van der Waals surface area contributed by atoms with Gasteiger partial charge in [0.1, 0.15) is 13.2 Å². The molecule has 0 aromatic heterocycles. The van der Waals surface area contributed by atoms with Crippen molar-refractivity contribution in [1.29, 1.82) is 0 Å². The molecule has 2 aromatic carbocycles. The van der Waals surface area contributed by atoms with Gasteiger partial charge >= 0.3 is 0 Å². The highest BCUT2D eigenvalue weighted by atomic mass is 32.2. The van der Waals surface area contributed by atoms with Crippen LogP contribution in [-0.4, -0.2) is 81.1 Å². The first-order valence-electron chi connectivity index (χ1n) is 11.1. The van der Waals surface area contributed by atoms with Gasteiger partial charge in [0.15, 0.2) is 11.5 Å². The Hall–Kier alpha value is -2.87. The Morgan fingerprint density at radius 3 is 2.28 bits per heavy atom. The van der Waals surface area contributed by atoms with Crippen molar-refractivity contribution in [2.75, 3.05) is 58.3 Å². The second-order valence-electron chi connectivity index (χ2n) is 7.51. The molecule has 0 bridgehead atoms. The Labute approximate surface area is 214 Å². The van der Waals surface area contributed by atoms with E-state index in [4.69, 9.17) is 29.9 Å². The van der Waals surface area contributed by atoms with E-state index in [9.17, 15) is 14.7 Å². The van der Waals surface area contributed by atoms with Gasteiger partial charge in [-0.1, -0.05) is 12.1 Å². The van der Waals surface area contributed by atoms with Crippen molar-refractivity contribution < 1.29 is 38.7 Å². The maximum Gasteiger partial charge on any atom is 0.267 e. The van der Waals surface area contributed by atoms with Crippen molar-refractivity contribution in [3.05, 3.63) is 53.1 Å². The summed E-state index contributed by atoms with van der Waals surface area (Å²) >= 11 is 1.44. The zero-order valence-corrected chi connectivity index (χ0v) is 21.1. The second kappa shape index (κ2) is 16.0. The van der Waals surface area contributed by atoms with E-state index in [1.54, 1.807) is 25.3 Å². The fraction of sp³-hybridized carbons (Fsp3) is 0.417. The van der Waals surface area contributed by atoms with Gasteiger partial charge in [-0.15, -0.1) is 0 Å². The number of nitrogen functional groups attached to an aromatic ring is 1. The quantitative estimate of drug-likeness (QED) is 0.0935. The van der Waals surface area contributed by atoms with E-state index in [2.05, 4.69) is 10.7 Å². The lowest BCUT2D eigenvalue weighted by atomic mass is 10.1. The predicted molar refractivity (Wildman–Crippen MR) is 136 cm³/mol.